The van der Waals surface area contributed by atoms with Crippen molar-refractivity contribution < 1.29 is 19.0 Å². The molecule has 2 aliphatic heterocycles. The topological polar surface area (TPSA) is 48.0 Å². The molecular weight excluding hydrogens is 546 g/mol. The third-order valence-corrected chi connectivity index (χ3v) is 8.52. The normalized spacial score (nSPS) is 23.3. The summed E-state index contributed by atoms with van der Waals surface area (Å²) in [5, 5.41) is 0. The number of ether oxygens (including phenoxy) is 3. The fraction of sp³-hybridized carbons (Fsp3) is 0.462. The Kier molecular flexibility index (Phi) is 13.4. The molecule has 1 spiro atoms. The minimum Gasteiger partial charge on any atom is -0.493 e. The predicted molar refractivity (Wildman–Crippen MR) is 181 cm³/mol. The molecule has 0 aromatic heterocycles. The van der Waals surface area contributed by atoms with Gasteiger partial charge in [-0.15, -0.1) is 0 Å². The Bertz CT molecular complexity index is 1280. The summed E-state index contributed by atoms with van der Waals surface area (Å²) in [6.45, 7) is 4.03. The van der Waals surface area contributed by atoms with E-state index in [2.05, 4.69) is 110 Å². The van der Waals surface area contributed by atoms with Crippen LogP contribution in [0.25, 0.3) is 0 Å². The molecule has 5 heteroatoms. The van der Waals surface area contributed by atoms with Crippen molar-refractivity contribution >= 4 is 5.97 Å². The number of carbonyl (C=O) groups excluding carboxylic acids is 1. The average Bonchev–Trinajstić information content (AvgIpc) is 3.28. The highest BCUT2D eigenvalue weighted by molar-refractivity contribution is 5.70. The molecule has 44 heavy (non-hydrogen) atoms. The molecule has 3 atom stereocenters. The van der Waals surface area contributed by atoms with Gasteiger partial charge in [0.05, 0.1) is 12.5 Å². The molecule has 2 heterocycles. The molecule has 1 aliphatic carbocycles. The highest BCUT2D eigenvalue weighted by atomic mass is 16.6. The number of methoxy groups -OCH3 is 1. The molecule has 0 saturated heterocycles. The molecule has 2 unspecified atom stereocenters. The Balaban J connectivity index is 1.12. The van der Waals surface area contributed by atoms with Crippen molar-refractivity contribution in [2.75, 3.05) is 20.7 Å². The van der Waals surface area contributed by atoms with E-state index in [1.54, 1.807) is 7.11 Å². The fourth-order valence-corrected chi connectivity index (χ4v) is 6.22. The van der Waals surface area contributed by atoms with Crippen molar-refractivity contribution in [2.24, 2.45) is 0 Å². The van der Waals surface area contributed by atoms with Gasteiger partial charge in [0.15, 0.2) is 11.5 Å². The summed E-state index contributed by atoms with van der Waals surface area (Å²) in [6, 6.07) is 4.18. The molecule has 0 saturated carbocycles. The molecule has 4 rings (SSSR count). The van der Waals surface area contributed by atoms with Crippen LogP contribution in [0, 0.1) is 0 Å². The molecule has 3 aliphatic rings. The number of allylic oxidation sites excluding steroid dienone is 12. The SMILES string of the molecule is CCC=CCC=CCC=CCC=CCC=CCC=CCCC(=O)O[C@H]1C=CC23CCN(C)Cc4ccc(OC)c(c42)OC3C1. The highest BCUT2D eigenvalue weighted by Gasteiger charge is 2.53. The first-order chi connectivity index (χ1) is 21.6. The van der Waals surface area contributed by atoms with Crippen LogP contribution in [-0.4, -0.2) is 43.8 Å². The van der Waals surface area contributed by atoms with Gasteiger partial charge in [0.25, 0.3) is 0 Å². The number of nitrogens with zero attached hydrogens (tertiary/aromatic N) is 1. The minimum absolute atomic E-state index is 0.0646. The molecule has 0 amide bonds. The van der Waals surface area contributed by atoms with Crippen LogP contribution in [0.5, 0.6) is 11.5 Å². The molecule has 0 radical (unpaired) electrons. The number of hydrogen-bond acceptors (Lipinski definition) is 5. The Hall–Kier alpha value is -3.57. The lowest BCUT2D eigenvalue weighted by atomic mass is 9.69. The highest BCUT2D eigenvalue weighted by Crippen LogP contribution is 2.55. The maximum absolute atomic E-state index is 12.6. The second-order valence-electron chi connectivity index (χ2n) is 11.8. The first-order valence-electron chi connectivity index (χ1n) is 16.4. The summed E-state index contributed by atoms with van der Waals surface area (Å²) >= 11 is 0. The summed E-state index contributed by atoms with van der Waals surface area (Å²) in [5.41, 5.74) is 2.35. The maximum Gasteiger partial charge on any atom is 0.306 e. The average molecular weight is 598 g/mol. The van der Waals surface area contributed by atoms with Crippen molar-refractivity contribution in [2.45, 2.75) is 95.3 Å². The number of carbonyl (C=O) groups is 1. The van der Waals surface area contributed by atoms with Crippen molar-refractivity contribution in [3.8, 4) is 11.5 Å². The molecule has 5 nitrogen and oxygen atoms in total. The van der Waals surface area contributed by atoms with E-state index in [1.807, 2.05) is 6.07 Å². The maximum atomic E-state index is 12.6. The van der Waals surface area contributed by atoms with E-state index in [0.717, 1.165) is 69.5 Å². The van der Waals surface area contributed by atoms with Gasteiger partial charge in [0, 0.05) is 24.9 Å². The van der Waals surface area contributed by atoms with Crippen molar-refractivity contribution in [1.82, 2.24) is 4.90 Å². The summed E-state index contributed by atoms with van der Waals surface area (Å²) in [7, 11) is 3.86. The van der Waals surface area contributed by atoms with Gasteiger partial charge in [-0.25, -0.2) is 0 Å². The lowest BCUT2D eigenvalue weighted by Crippen LogP contribution is -2.43. The van der Waals surface area contributed by atoms with E-state index in [-0.39, 0.29) is 23.6 Å². The zero-order valence-electron chi connectivity index (χ0n) is 27.0. The van der Waals surface area contributed by atoms with E-state index < -0.39 is 0 Å². The Morgan fingerprint density at radius 2 is 1.55 bits per heavy atom. The Morgan fingerprint density at radius 3 is 2.16 bits per heavy atom. The number of benzene rings is 1. The van der Waals surface area contributed by atoms with Crippen LogP contribution in [0.1, 0.15) is 82.3 Å². The third kappa shape index (κ3) is 9.22. The Labute approximate surface area is 265 Å². The zero-order chi connectivity index (χ0) is 31.0. The molecule has 1 aromatic rings. The van der Waals surface area contributed by atoms with Gasteiger partial charge in [0.1, 0.15) is 12.2 Å². The number of hydrogen-bond donors (Lipinski definition) is 0. The van der Waals surface area contributed by atoms with Crippen LogP contribution in [0.2, 0.25) is 0 Å². The monoisotopic (exact) mass is 597 g/mol. The Morgan fingerprint density at radius 1 is 0.932 bits per heavy atom. The molecule has 0 bridgehead atoms. The number of esters is 1. The van der Waals surface area contributed by atoms with E-state index in [0.29, 0.717) is 19.3 Å². The smallest absolute Gasteiger partial charge is 0.306 e. The van der Waals surface area contributed by atoms with Crippen LogP contribution >= 0.6 is 0 Å². The van der Waals surface area contributed by atoms with Crippen LogP contribution < -0.4 is 9.47 Å². The van der Waals surface area contributed by atoms with Gasteiger partial charge < -0.3 is 19.1 Å². The van der Waals surface area contributed by atoms with Gasteiger partial charge in [-0.2, -0.15) is 0 Å². The lowest BCUT2D eigenvalue weighted by Gasteiger charge is -2.36. The van der Waals surface area contributed by atoms with Crippen LogP contribution in [0.15, 0.2) is 97.2 Å². The first kappa shape index (κ1) is 33.3. The van der Waals surface area contributed by atoms with Gasteiger partial charge in [0.2, 0.25) is 0 Å². The summed E-state index contributed by atoms with van der Waals surface area (Å²) in [4.78, 5) is 15.0. The fourth-order valence-electron chi connectivity index (χ4n) is 6.22. The predicted octanol–water partition coefficient (Wildman–Crippen LogP) is 8.88. The number of rotatable bonds is 16. The minimum atomic E-state index is -0.270. The van der Waals surface area contributed by atoms with Crippen molar-refractivity contribution in [3.63, 3.8) is 0 Å². The molecule has 1 aromatic carbocycles. The molecule has 236 valence electrons. The summed E-state index contributed by atoms with van der Waals surface area (Å²) in [6.07, 6.45) is 38.8. The molecule has 0 N–H and O–H groups in total. The largest absolute Gasteiger partial charge is 0.493 e. The second-order valence-corrected chi connectivity index (χ2v) is 11.8. The van der Waals surface area contributed by atoms with Gasteiger partial charge in [-0.1, -0.05) is 92.0 Å². The zero-order valence-corrected chi connectivity index (χ0v) is 27.0. The first-order valence-corrected chi connectivity index (χ1v) is 16.4. The van der Waals surface area contributed by atoms with E-state index in [1.165, 1.54) is 11.1 Å². The summed E-state index contributed by atoms with van der Waals surface area (Å²) < 4.78 is 18.1. The standard InChI is InChI=1S/C39H51NO4/c1-4-5-6-7-8-9-10-11-12-13-14-15-16-17-18-19-20-21-22-23-36(41)43-33-26-27-39-28-29-40(2)31-32-24-25-34(42-3)38(37(32)39)44-35(39)30-33/h5-6,8-9,11-12,14-15,17-18,20-21,24-27,33,35H,4,7,10,13,16,19,22-23,28-31H2,1-3H3/t33-,35?,39?/m0/s1. The van der Waals surface area contributed by atoms with E-state index in [9.17, 15) is 4.79 Å². The summed E-state index contributed by atoms with van der Waals surface area (Å²) in [5.74, 6) is 1.48. The van der Waals surface area contributed by atoms with Crippen LogP contribution in [0.3, 0.4) is 0 Å². The van der Waals surface area contributed by atoms with Crippen LogP contribution in [-0.2, 0) is 21.5 Å². The lowest BCUT2D eigenvalue weighted by molar-refractivity contribution is -0.148. The van der Waals surface area contributed by atoms with Gasteiger partial charge >= 0.3 is 5.97 Å². The quantitative estimate of drug-likeness (QED) is 0.141. The van der Waals surface area contributed by atoms with Gasteiger partial charge in [-0.05, 0) is 82.7 Å². The van der Waals surface area contributed by atoms with Crippen molar-refractivity contribution in [3.05, 3.63) is 108 Å². The molecule has 0 fully saturated rings. The van der Waals surface area contributed by atoms with Gasteiger partial charge in [-0.3, -0.25) is 4.79 Å². The molecular formula is C39H51NO4. The second kappa shape index (κ2) is 17.7. The van der Waals surface area contributed by atoms with E-state index in [4.69, 9.17) is 14.2 Å². The van der Waals surface area contributed by atoms with Crippen LogP contribution in [0.4, 0.5) is 0 Å². The van der Waals surface area contributed by atoms with E-state index >= 15 is 0 Å². The third-order valence-electron chi connectivity index (χ3n) is 8.52. The van der Waals surface area contributed by atoms with Crippen molar-refractivity contribution in [1.29, 1.82) is 0 Å².